The Balaban J connectivity index is 2.00. The molecule has 1 aliphatic heterocycles. The van der Waals surface area contributed by atoms with Crippen LogP contribution < -0.4 is 4.72 Å². The molecule has 0 bridgehead atoms. The summed E-state index contributed by atoms with van der Waals surface area (Å²) >= 11 is 1.37. The molecule has 5 nitrogen and oxygen atoms in total. The van der Waals surface area contributed by atoms with Gasteiger partial charge in [-0.3, -0.25) is 14.8 Å². The van der Waals surface area contributed by atoms with Gasteiger partial charge in [0.05, 0.1) is 4.92 Å². The largest absolute Gasteiger partial charge is 0.305 e. The number of likely N-dealkylation sites (N-methyl/N-ethyl adjacent to an activating group) is 1. The van der Waals surface area contributed by atoms with Crippen LogP contribution in [-0.2, 0) is 0 Å². The van der Waals surface area contributed by atoms with Gasteiger partial charge in [-0.05, 0) is 44.5 Å². The molecule has 98 valence electrons. The van der Waals surface area contributed by atoms with Crippen molar-refractivity contribution in [3.63, 3.8) is 0 Å². The summed E-state index contributed by atoms with van der Waals surface area (Å²) in [5.74, 6) is 0. The lowest BCUT2D eigenvalue weighted by Crippen LogP contribution is -2.26. The van der Waals surface area contributed by atoms with E-state index in [1.807, 2.05) is 18.2 Å². The van der Waals surface area contributed by atoms with Gasteiger partial charge < -0.3 is 4.90 Å². The van der Waals surface area contributed by atoms with Gasteiger partial charge in [-0.1, -0.05) is 12.2 Å². The zero-order chi connectivity index (χ0) is 13.0. The quantitative estimate of drug-likeness (QED) is 0.479. The minimum atomic E-state index is -0.322. The highest BCUT2D eigenvalue weighted by atomic mass is 32.2. The Bertz CT molecular complexity index is 418. The van der Waals surface area contributed by atoms with Crippen molar-refractivity contribution in [1.82, 2.24) is 9.62 Å². The summed E-state index contributed by atoms with van der Waals surface area (Å²) in [5, 5.41) is 11.0. The predicted molar refractivity (Wildman–Crippen MR) is 73.5 cm³/mol. The molecule has 18 heavy (non-hydrogen) atoms. The SMILES string of the molecule is CN1CCC(NSC2=C([N+](=O)[O-])C=CCC=C2)C1. The van der Waals surface area contributed by atoms with Crippen molar-refractivity contribution in [3.05, 3.63) is 45.0 Å². The number of nitro groups is 1. The van der Waals surface area contributed by atoms with Crippen LogP contribution in [0.5, 0.6) is 0 Å². The van der Waals surface area contributed by atoms with Gasteiger partial charge in [0.15, 0.2) is 0 Å². The smallest absolute Gasteiger partial charge is 0.283 e. The summed E-state index contributed by atoms with van der Waals surface area (Å²) < 4.78 is 3.32. The fraction of sp³-hybridized carbons (Fsp3) is 0.500. The highest BCUT2D eigenvalue weighted by Crippen LogP contribution is 2.24. The number of nitrogens with one attached hydrogen (secondary N) is 1. The third kappa shape index (κ3) is 3.44. The first kappa shape index (κ1) is 13.3. The van der Waals surface area contributed by atoms with Crippen molar-refractivity contribution in [1.29, 1.82) is 0 Å². The van der Waals surface area contributed by atoms with Gasteiger partial charge in [0, 0.05) is 18.7 Å². The molecule has 0 amide bonds. The van der Waals surface area contributed by atoms with Gasteiger partial charge in [0.25, 0.3) is 5.70 Å². The van der Waals surface area contributed by atoms with E-state index >= 15 is 0 Å². The Kier molecular flexibility index (Phi) is 4.57. The number of rotatable bonds is 4. The lowest BCUT2D eigenvalue weighted by atomic mass is 10.3. The van der Waals surface area contributed by atoms with E-state index in [0.717, 1.165) is 25.9 Å². The molecule has 1 heterocycles. The minimum absolute atomic E-state index is 0.174. The zero-order valence-electron chi connectivity index (χ0n) is 10.3. The Labute approximate surface area is 111 Å². The highest BCUT2D eigenvalue weighted by molar-refractivity contribution is 8.01. The third-order valence-electron chi connectivity index (χ3n) is 2.99. The standard InChI is InChI=1S/C12H17N3O2S/c1-14-8-7-10(9-14)13-18-12-6-4-2-3-5-11(12)15(16)17/h3-6,10,13H,2,7-9H2,1H3. The molecule has 1 N–H and O–H groups in total. The van der Waals surface area contributed by atoms with Crippen molar-refractivity contribution < 1.29 is 4.92 Å². The Morgan fingerprint density at radius 3 is 2.94 bits per heavy atom. The average molecular weight is 267 g/mol. The Morgan fingerprint density at radius 1 is 1.50 bits per heavy atom. The van der Waals surface area contributed by atoms with Crippen LogP contribution in [0, 0.1) is 10.1 Å². The van der Waals surface area contributed by atoms with Crippen molar-refractivity contribution >= 4 is 11.9 Å². The average Bonchev–Trinajstić information content (AvgIpc) is 2.62. The third-order valence-corrected chi connectivity index (χ3v) is 4.01. The number of nitrogens with zero attached hydrogens (tertiary/aromatic N) is 2. The number of hydrogen-bond acceptors (Lipinski definition) is 5. The van der Waals surface area contributed by atoms with E-state index in [9.17, 15) is 10.1 Å². The van der Waals surface area contributed by atoms with E-state index < -0.39 is 0 Å². The summed E-state index contributed by atoms with van der Waals surface area (Å²) in [7, 11) is 2.09. The van der Waals surface area contributed by atoms with Crippen LogP contribution in [0.15, 0.2) is 34.9 Å². The van der Waals surface area contributed by atoms with Crippen LogP contribution in [0.4, 0.5) is 0 Å². The van der Waals surface area contributed by atoms with Crippen molar-refractivity contribution in [2.75, 3.05) is 20.1 Å². The van der Waals surface area contributed by atoms with E-state index in [1.54, 1.807) is 6.08 Å². The van der Waals surface area contributed by atoms with Gasteiger partial charge in [0.2, 0.25) is 0 Å². The lowest BCUT2D eigenvalue weighted by Gasteiger charge is -2.11. The molecule has 0 saturated carbocycles. The predicted octanol–water partition coefficient (Wildman–Crippen LogP) is 1.93. The second kappa shape index (κ2) is 6.17. The topological polar surface area (TPSA) is 58.4 Å². The first-order chi connectivity index (χ1) is 8.66. The van der Waals surface area contributed by atoms with Gasteiger partial charge >= 0.3 is 0 Å². The first-order valence-electron chi connectivity index (χ1n) is 5.99. The van der Waals surface area contributed by atoms with Gasteiger partial charge in [-0.2, -0.15) is 0 Å². The molecule has 0 aromatic rings. The second-order valence-corrected chi connectivity index (χ2v) is 5.39. The Morgan fingerprint density at radius 2 is 2.28 bits per heavy atom. The summed E-state index contributed by atoms with van der Waals surface area (Å²) in [6, 6.07) is 0.404. The van der Waals surface area contributed by atoms with E-state index in [1.165, 1.54) is 11.9 Å². The molecule has 0 aromatic carbocycles. The van der Waals surface area contributed by atoms with Gasteiger partial charge in [-0.15, -0.1) is 0 Å². The fourth-order valence-corrected chi connectivity index (χ4v) is 2.91. The molecule has 2 aliphatic rings. The zero-order valence-corrected chi connectivity index (χ0v) is 11.2. The minimum Gasteiger partial charge on any atom is -0.305 e. The second-order valence-electron chi connectivity index (χ2n) is 4.51. The maximum absolute atomic E-state index is 11.0. The van der Waals surface area contributed by atoms with Gasteiger partial charge in [-0.25, -0.2) is 0 Å². The normalized spacial score (nSPS) is 24.6. The Hall–Kier alpha value is -1.11. The van der Waals surface area contributed by atoms with Crippen molar-refractivity contribution in [2.45, 2.75) is 18.9 Å². The molecule has 0 spiro atoms. The van der Waals surface area contributed by atoms with Crippen LogP contribution in [-0.4, -0.2) is 36.0 Å². The van der Waals surface area contributed by atoms with E-state index in [0.29, 0.717) is 10.9 Å². The monoisotopic (exact) mass is 267 g/mol. The maximum Gasteiger partial charge on any atom is 0.283 e. The molecule has 1 fully saturated rings. The summed E-state index contributed by atoms with van der Waals surface area (Å²) in [6.07, 6.45) is 9.00. The van der Waals surface area contributed by atoms with Gasteiger partial charge in [0.1, 0.15) is 4.91 Å². The number of allylic oxidation sites excluding steroid dienone is 4. The molecule has 1 aliphatic carbocycles. The van der Waals surface area contributed by atoms with Crippen LogP contribution in [0.2, 0.25) is 0 Å². The molecule has 0 radical (unpaired) electrons. The van der Waals surface area contributed by atoms with Crippen LogP contribution >= 0.6 is 11.9 Å². The molecule has 1 atom stereocenters. The van der Waals surface area contributed by atoms with Crippen molar-refractivity contribution in [2.24, 2.45) is 0 Å². The molecular formula is C12H17N3O2S. The van der Waals surface area contributed by atoms with Crippen LogP contribution in [0.1, 0.15) is 12.8 Å². The molecule has 1 unspecified atom stereocenters. The van der Waals surface area contributed by atoms with Crippen molar-refractivity contribution in [3.8, 4) is 0 Å². The first-order valence-corrected chi connectivity index (χ1v) is 6.81. The summed E-state index contributed by atoms with van der Waals surface area (Å²) in [6.45, 7) is 2.07. The van der Waals surface area contributed by atoms with E-state index in [-0.39, 0.29) is 10.6 Å². The molecular weight excluding hydrogens is 250 g/mol. The van der Waals surface area contributed by atoms with E-state index in [4.69, 9.17) is 0 Å². The molecule has 1 saturated heterocycles. The number of likely N-dealkylation sites (tertiary alicyclic amines) is 1. The molecule has 6 heteroatoms. The van der Waals surface area contributed by atoms with E-state index in [2.05, 4.69) is 16.7 Å². The van der Waals surface area contributed by atoms with Crippen LogP contribution in [0.3, 0.4) is 0 Å². The fourth-order valence-electron chi connectivity index (χ4n) is 2.02. The highest BCUT2D eigenvalue weighted by Gasteiger charge is 2.21. The van der Waals surface area contributed by atoms with Crippen LogP contribution in [0.25, 0.3) is 0 Å². The molecule has 2 rings (SSSR count). The lowest BCUT2D eigenvalue weighted by molar-refractivity contribution is -0.419. The summed E-state index contributed by atoms with van der Waals surface area (Å²) in [5.41, 5.74) is 0.174. The maximum atomic E-state index is 11.0. The molecule has 0 aromatic heterocycles. The summed E-state index contributed by atoms with van der Waals surface area (Å²) in [4.78, 5) is 13.6. The number of hydrogen-bond donors (Lipinski definition) is 1.